The molecule has 35 heavy (non-hydrogen) atoms. The van der Waals surface area contributed by atoms with Crippen LogP contribution in [-0.2, 0) is 16.6 Å². The van der Waals surface area contributed by atoms with Crippen LogP contribution in [0, 0.1) is 28.4 Å². The second-order valence-corrected chi connectivity index (χ2v) is 12.0. The van der Waals surface area contributed by atoms with Crippen molar-refractivity contribution in [2.24, 2.45) is 5.41 Å². The molecule has 0 aliphatic heterocycles. The molecule has 0 radical (unpaired) electrons. The number of aromatic nitrogens is 2. The summed E-state index contributed by atoms with van der Waals surface area (Å²) in [7, 11) is -3.97. The van der Waals surface area contributed by atoms with Gasteiger partial charge in [-0.15, -0.1) is 0 Å². The molecule has 3 aromatic rings. The molecule has 4 rings (SSSR count). The van der Waals surface area contributed by atoms with Crippen LogP contribution in [-0.4, -0.2) is 29.6 Å². The van der Waals surface area contributed by atoms with E-state index in [1.54, 1.807) is 10.6 Å². The van der Waals surface area contributed by atoms with Gasteiger partial charge in [-0.2, -0.15) is 5.26 Å². The van der Waals surface area contributed by atoms with Crippen LogP contribution in [0.15, 0.2) is 30.6 Å². The molecule has 1 atom stereocenters. The number of pyridine rings is 1. The summed E-state index contributed by atoms with van der Waals surface area (Å²) in [6.07, 6.45) is -0.0356. The predicted octanol–water partition coefficient (Wildman–Crippen LogP) is 5.29. The van der Waals surface area contributed by atoms with Crippen molar-refractivity contribution in [3.05, 3.63) is 53.5 Å². The molecule has 1 N–H and O–H groups in total. The molecule has 0 saturated heterocycles. The van der Waals surface area contributed by atoms with Crippen LogP contribution < -0.4 is 4.72 Å². The van der Waals surface area contributed by atoms with E-state index >= 15 is 4.39 Å². The van der Waals surface area contributed by atoms with Crippen LogP contribution >= 0.6 is 0 Å². The maximum atomic E-state index is 15.3. The minimum Gasteiger partial charge on any atom is -0.347 e. The highest BCUT2D eigenvalue weighted by Gasteiger charge is 2.40. The number of sulfonamides is 1. The molecule has 0 bridgehead atoms. The largest absolute Gasteiger partial charge is 0.347 e. The Bertz CT molecular complexity index is 1430. The standard InChI is InChI=1S/C24H24F4N4O2S/c1-24(2,3)12-32-11-18(22(23(27)28)31-35(33,34)14-4-5-14)17-7-19(26)15(8-21(17)32)16-6-13(25)10-30-20(16)9-29/h6-8,10-11,14,22-23,31H,4-5,12H2,1-3H3/t22-/m0/s1. The van der Waals surface area contributed by atoms with Crippen LogP contribution in [0.2, 0.25) is 0 Å². The van der Waals surface area contributed by atoms with Gasteiger partial charge in [0.1, 0.15) is 29.4 Å². The fourth-order valence-corrected chi connectivity index (χ4v) is 5.60. The lowest BCUT2D eigenvalue weighted by Crippen LogP contribution is -2.35. The number of fused-ring (bicyclic) bond motifs is 1. The molecule has 0 unspecified atom stereocenters. The van der Waals surface area contributed by atoms with Crippen molar-refractivity contribution in [3.8, 4) is 17.2 Å². The van der Waals surface area contributed by atoms with E-state index in [-0.39, 0.29) is 33.2 Å². The fourth-order valence-electron chi connectivity index (χ4n) is 4.07. The Morgan fingerprint density at radius 1 is 1.20 bits per heavy atom. The molecule has 1 aliphatic carbocycles. The quantitative estimate of drug-likeness (QED) is 0.440. The molecule has 1 saturated carbocycles. The topological polar surface area (TPSA) is 87.8 Å². The van der Waals surface area contributed by atoms with Gasteiger partial charge in [-0.3, -0.25) is 0 Å². The van der Waals surface area contributed by atoms with Gasteiger partial charge in [0.05, 0.1) is 11.4 Å². The minimum absolute atomic E-state index is 0.0631. The van der Waals surface area contributed by atoms with E-state index in [1.807, 2.05) is 20.8 Å². The van der Waals surface area contributed by atoms with E-state index in [2.05, 4.69) is 9.71 Å². The smallest absolute Gasteiger partial charge is 0.258 e. The normalized spacial score (nSPS) is 15.5. The van der Waals surface area contributed by atoms with Gasteiger partial charge in [0.2, 0.25) is 10.0 Å². The van der Waals surface area contributed by atoms with Gasteiger partial charge in [0.25, 0.3) is 6.43 Å². The summed E-state index contributed by atoms with van der Waals surface area (Å²) in [5, 5.41) is 8.76. The van der Waals surface area contributed by atoms with Crippen molar-refractivity contribution in [2.75, 3.05) is 0 Å². The highest BCUT2D eigenvalue weighted by molar-refractivity contribution is 7.90. The third-order valence-corrected chi connectivity index (χ3v) is 7.67. The molecule has 6 nitrogen and oxygen atoms in total. The third-order valence-electron chi connectivity index (χ3n) is 5.74. The Morgan fingerprint density at radius 2 is 1.89 bits per heavy atom. The number of nitrogens with zero attached hydrogens (tertiary/aromatic N) is 3. The van der Waals surface area contributed by atoms with E-state index in [0.29, 0.717) is 24.9 Å². The first-order valence-electron chi connectivity index (χ1n) is 11.0. The summed E-state index contributed by atoms with van der Waals surface area (Å²) in [5.74, 6) is -1.65. The van der Waals surface area contributed by atoms with Gasteiger partial charge >= 0.3 is 0 Å². The number of hydrogen-bond donors (Lipinski definition) is 1. The monoisotopic (exact) mass is 508 g/mol. The molecule has 2 heterocycles. The number of rotatable bonds is 7. The van der Waals surface area contributed by atoms with Crippen LogP contribution in [0.5, 0.6) is 0 Å². The molecular formula is C24H24F4N4O2S. The molecule has 1 aliphatic rings. The maximum Gasteiger partial charge on any atom is 0.258 e. The van der Waals surface area contributed by atoms with Crippen molar-refractivity contribution in [1.29, 1.82) is 5.26 Å². The summed E-state index contributed by atoms with van der Waals surface area (Å²) in [6, 6.07) is 3.29. The fraction of sp³-hybridized carbons (Fsp3) is 0.417. The van der Waals surface area contributed by atoms with Gasteiger partial charge < -0.3 is 4.57 Å². The van der Waals surface area contributed by atoms with Gasteiger partial charge in [-0.25, -0.2) is 35.7 Å². The van der Waals surface area contributed by atoms with Crippen LogP contribution in [0.25, 0.3) is 22.0 Å². The Morgan fingerprint density at radius 3 is 2.46 bits per heavy atom. The molecule has 2 aromatic heterocycles. The van der Waals surface area contributed by atoms with Gasteiger partial charge in [0, 0.05) is 40.3 Å². The first kappa shape index (κ1) is 25.1. The van der Waals surface area contributed by atoms with E-state index in [9.17, 15) is 26.9 Å². The highest BCUT2D eigenvalue weighted by atomic mass is 32.2. The molecule has 1 aromatic carbocycles. The highest BCUT2D eigenvalue weighted by Crippen LogP contribution is 2.38. The van der Waals surface area contributed by atoms with Gasteiger partial charge in [-0.05, 0) is 36.5 Å². The van der Waals surface area contributed by atoms with E-state index in [0.717, 1.165) is 18.3 Å². The van der Waals surface area contributed by atoms with Crippen LogP contribution in [0.4, 0.5) is 17.6 Å². The maximum absolute atomic E-state index is 15.3. The first-order chi connectivity index (χ1) is 16.3. The minimum atomic E-state index is -3.97. The number of nitrogens with one attached hydrogen (secondary N) is 1. The predicted molar refractivity (Wildman–Crippen MR) is 123 cm³/mol. The molecule has 0 amide bonds. The van der Waals surface area contributed by atoms with E-state index < -0.39 is 39.4 Å². The zero-order valence-electron chi connectivity index (χ0n) is 19.3. The molecular weight excluding hydrogens is 484 g/mol. The molecule has 1 fully saturated rings. The summed E-state index contributed by atoms with van der Waals surface area (Å²) >= 11 is 0. The average molecular weight is 509 g/mol. The van der Waals surface area contributed by atoms with Crippen molar-refractivity contribution in [3.63, 3.8) is 0 Å². The summed E-state index contributed by atoms with van der Waals surface area (Å²) < 4.78 is 86.2. The Kier molecular flexibility index (Phi) is 6.40. The third kappa shape index (κ3) is 5.18. The molecule has 186 valence electrons. The van der Waals surface area contributed by atoms with E-state index in [1.165, 1.54) is 12.3 Å². The zero-order valence-corrected chi connectivity index (χ0v) is 20.1. The molecule has 11 heteroatoms. The van der Waals surface area contributed by atoms with E-state index in [4.69, 9.17) is 0 Å². The van der Waals surface area contributed by atoms with Gasteiger partial charge in [-0.1, -0.05) is 20.8 Å². The first-order valence-corrected chi connectivity index (χ1v) is 12.5. The second-order valence-electron chi connectivity index (χ2n) is 9.96. The van der Waals surface area contributed by atoms with Crippen molar-refractivity contribution in [1.82, 2.24) is 14.3 Å². The van der Waals surface area contributed by atoms with Crippen molar-refractivity contribution in [2.45, 2.75) is 57.9 Å². The lowest BCUT2D eigenvalue weighted by Gasteiger charge is -2.20. The SMILES string of the molecule is CC(C)(C)Cn1cc([C@H](NS(=O)(=O)C2CC2)C(F)F)c2cc(F)c(-c3cc(F)cnc3C#N)cc21. The van der Waals surface area contributed by atoms with Crippen molar-refractivity contribution < 1.29 is 26.0 Å². The Labute approximate surface area is 200 Å². The van der Waals surface area contributed by atoms with Crippen LogP contribution in [0.1, 0.15) is 50.9 Å². The number of benzene rings is 1. The number of hydrogen-bond acceptors (Lipinski definition) is 4. The summed E-state index contributed by atoms with van der Waals surface area (Å²) in [5.41, 5.74) is -0.419. The summed E-state index contributed by atoms with van der Waals surface area (Å²) in [6.45, 7) is 6.11. The van der Waals surface area contributed by atoms with Crippen LogP contribution in [0.3, 0.4) is 0 Å². The second kappa shape index (κ2) is 8.91. The summed E-state index contributed by atoms with van der Waals surface area (Å²) in [4.78, 5) is 3.71. The lowest BCUT2D eigenvalue weighted by molar-refractivity contribution is 0.109. The Balaban J connectivity index is 1.94. The zero-order chi connectivity index (χ0) is 25.7. The number of nitriles is 1. The van der Waals surface area contributed by atoms with Gasteiger partial charge in [0.15, 0.2) is 0 Å². The number of alkyl halides is 2. The Hall–Kier alpha value is -2.97. The molecule has 0 spiro atoms. The number of halogens is 4. The lowest BCUT2D eigenvalue weighted by atomic mass is 9.96. The average Bonchev–Trinajstić information content (AvgIpc) is 3.56. The van der Waals surface area contributed by atoms with Crippen molar-refractivity contribution >= 4 is 20.9 Å².